The number of methoxy groups -OCH3 is 1. The molecule has 0 fully saturated rings. The predicted octanol–water partition coefficient (Wildman–Crippen LogP) is 0.958. The number of phenolic OH excluding ortho intramolecular Hbond substituents is 1. The fraction of sp³-hybridized carbons (Fsp3) is 0.214. The molecular formula is C14H14O7. The van der Waals surface area contributed by atoms with Crippen molar-refractivity contribution in [1.29, 1.82) is 0 Å². The molecule has 1 aromatic carbocycles. The van der Waals surface area contributed by atoms with E-state index >= 15 is 0 Å². The molecule has 0 aliphatic rings. The molecule has 0 spiro atoms. The molecular weight excluding hydrogens is 280 g/mol. The van der Waals surface area contributed by atoms with Crippen LogP contribution in [0.25, 0.3) is 0 Å². The molecule has 112 valence electrons. The number of rotatable bonds is 5. The molecule has 7 heteroatoms. The van der Waals surface area contributed by atoms with Crippen LogP contribution in [0.2, 0.25) is 0 Å². The molecule has 0 aliphatic carbocycles. The molecule has 0 radical (unpaired) electrons. The van der Waals surface area contributed by atoms with Gasteiger partial charge in [-0.2, -0.15) is 0 Å². The van der Waals surface area contributed by atoms with Crippen molar-refractivity contribution in [1.82, 2.24) is 0 Å². The molecule has 0 amide bonds. The maximum atomic E-state index is 11.7. The van der Waals surface area contributed by atoms with Gasteiger partial charge < -0.3 is 19.3 Å². The Morgan fingerprint density at radius 3 is 2.48 bits per heavy atom. The second kappa shape index (κ2) is 7.68. The Kier molecular flexibility index (Phi) is 5.94. The van der Waals surface area contributed by atoms with Gasteiger partial charge in [0, 0.05) is 18.2 Å². The van der Waals surface area contributed by atoms with Crippen molar-refractivity contribution in [3.05, 3.63) is 36.4 Å². The average Bonchev–Trinajstić information content (AvgIpc) is 2.44. The van der Waals surface area contributed by atoms with E-state index in [0.29, 0.717) is 0 Å². The topological polar surface area (TPSA) is 99.1 Å². The van der Waals surface area contributed by atoms with E-state index in [1.54, 1.807) is 0 Å². The number of benzene rings is 1. The molecule has 1 rings (SSSR count). The third-order valence-electron chi connectivity index (χ3n) is 2.22. The van der Waals surface area contributed by atoms with Gasteiger partial charge >= 0.3 is 17.9 Å². The van der Waals surface area contributed by atoms with Crippen LogP contribution in [0.4, 0.5) is 0 Å². The van der Waals surface area contributed by atoms with E-state index in [4.69, 9.17) is 9.47 Å². The maximum absolute atomic E-state index is 11.7. The minimum absolute atomic E-state index is 0.0639. The van der Waals surface area contributed by atoms with Gasteiger partial charge in [-0.25, -0.2) is 14.4 Å². The molecule has 0 saturated heterocycles. The molecule has 0 aliphatic heterocycles. The first-order valence-electron chi connectivity index (χ1n) is 5.89. The van der Waals surface area contributed by atoms with Crippen molar-refractivity contribution >= 4 is 17.9 Å². The summed E-state index contributed by atoms with van der Waals surface area (Å²) in [5.74, 6) is -2.37. The lowest BCUT2D eigenvalue weighted by molar-refractivity contribution is -0.157. The molecule has 0 heterocycles. The number of phenols is 1. The fourth-order valence-electron chi connectivity index (χ4n) is 1.21. The van der Waals surface area contributed by atoms with Crippen LogP contribution in [-0.4, -0.2) is 36.2 Å². The third kappa shape index (κ3) is 5.77. The summed E-state index contributed by atoms with van der Waals surface area (Å²) in [5.41, 5.74) is 0. The summed E-state index contributed by atoms with van der Waals surface area (Å²) in [7, 11) is 1.16. The zero-order chi connectivity index (χ0) is 15.8. The van der Waals surface area contributed by atoms with Gasteiger partial charge in [0.05, 0.1) is 7.11 Å². The van der Waals surface area contributed by atoms with Gasteiger partial charge in [0.15, 0.2) is 6.10 Å². The van der Waals surface area contributed by atoms with Gasteiger partial charge in [0.1, 0.15) is 11.5 Å². The summed E-state index contributed by atoms with van der Waals surface area (Å²) >= 11 is 0. The minimum Gasteiger partial charge on any atom is -0.508 e. The zero-order valence-electron chi connectivity index (χ0n) is 11.4. The van der Waals surface area contributed by atoms with Gasteiger partial charge in [-0.1, -0.05) is 6.07 Å². The molecule has 7 nitrogen and oxygen atoms in total. The van der Waals surface area contributed by atoms with E-state index in [2.05, 4.69) is 4.74 Å². The second-order valence-corrected chi connectivity index (χ2v) is 3.85. The molecule has 1 aromatic rings. The molecule has 0 aromatic heterocycles. The highest BCUT2D eigenvalue weighted by atomic mass is 16.6. The number of carbonyl (C=O) groups excluding carboxylic acids is 3. The minimum atomic E-state index is -1.18. The van der Waals surface area contributed by atoms with Gasteiger partial charge in [-0.15, -0.1) is 0 Å². The number of aromatic hydroxyl groups is 1. The number of carbonyl (C=O) groups is 3. The van der Waals surface area contributed by atoms with Gasteiger partial charge in [-0.3, -0.25) is 0 Å². The molecule has 1 N–H and O–H groups in total. The summed E-state index contributed by atoms with van der Waals surface area (Å²) in [6.07, 6.45) is 0.529. The van der Waals surface area contributed by atoms with Crippen molar-refractivity contribution in [2.24, 2.45) is 0 Å². The molecule has 0 saturated carbocycles. The van der Waals surface area contributed by atoms with Crippen LogP contribution in [0, 0.1) is 0 Å². The van der Waals surface area contributed by atoms with Crippen LogP contribution >= 0.6 is 0 Å². The molecule has 1 unspecified atom stereocenters. The highest BCUT2D eigenvalue weighted by Gasteiger charge is 2.19. The van der Waals surface area contributed by atoms with Crippen LogP contribution in [0.1, 0.15) is 6.92 Å². The number of esters is 3. The van der Waals surface area contributed by atoms with Crippen LogP contribution < -0.4 is 4.74 Å². The van der Waals surface area contributed by atoms with Crippen molar-refractivity contribution in [3.8, 4) is 11.5 Å². The molecule has 1 atom stereocenters. The van der Waals surface area contributed by atoms with Crippen LogP contribution in [0.3, 0.4) is 0 Å². The number of hydrogen-bond donors (Lipinski definition) is 1. The quantitative estimate of drug-likeness (QED) is 0.490. The molecule has 21 heavy (non-hydrogen) atoms. The van der Waals surface area contributed by atoms with Crippen LogP contribution in [-0.2, 0) is 23.9 Å². The summed E-state index contributed by atoms with van der Waals surface area (Å²) in [5, 5.41) is 9.23. The van der Waals surface area contributed by atoms with Crippen molar-refractivity contribution in [2.45, 2.75) is 13.0 Å². The van der Waals surface area contributed by atoms with Crippen molar-refractivity contribution < 1.29 is 33.7 Å². The monoisotopic (exact) mass is 294 g/mol. The van der Waals surface area contributed by atoms with Gasteiger partial charge in [0.2, 0.25) is 0 Å². The van der Waals surface area contributed by atoms with Crippen molar-refractivity contribution in [2.75, 3.05) is 7.11 Å². The maximum Gasteiger partial charge on any atom is 0.352 e. The van der Waals surface area contributed by atoms with E-state index in [0.717, 1.165) is 19.3 Å². The zero-order valence-corrected chi connectivity index (χ0v) is 11.4. The smallest absolute Gasteiger partial charge is 0.352 e. The van der Waals surface area contributed by atoms with E-state index in [1.165, 1.54) is 31.2 Å². The summed E-state index contributed by atoms with van der Waals surface area (Å²) < 4.78 is 13.9. The summed E-state index contributed by atoms with van der Waals surface area (Å²) in [4.78, 5) is 33.8. The van der Waals surface area contributed by atoms with E-state index in [1.807, 2.05) is 0 Å². The largest absolute Gasteiger partial charge is 0.508 e. The van der Waals surface area contributed by atoms with E-state index in [9.17, 15) is 19.5 Å². The van der Waals surface area contributed by atoms with Crippen LogP contribution in [0.15, 0.2) is 36.4 Å². The Bertz CT molecular complexity index is 562. The van der Waals surface area contributed by atoms with E-state index < -0.39 is 24.0 Å². The fourth-order valence-corrected chi connectivity index (χ4v) is 1.21. The first-order chi connectivity index (χ1) is 9.92. The first-order valence-corrected chi connectivity index (χ1v) is 5.89. The Morgan fingerprint density at radius 1 is 1.19 bits per heavy atom. The summed E-state index contributed by atoms with van der Waals surface area (Å²) in [6.45, 7) is 1.31. The Hall–Kier alpha value is -2.83. The first kappa shape index (κ1) is 16.2. The van der Waals surface area contributed by atoms with Crippen LogP contribution in [0.5, 0.6) is 11.5 Å². The third-order valence-corrected chi connectivity index (χ3v) is 2.22. The Labute approximate surface area is 120 Å². The Morgan fingerprint density at radius 2 is 1.86 bits per heavy atom. The lowest BCUT2D eigenvalue weighted by Gasteiger charge is -2.11. The molecule has 0 bridgehead atoms. The normalized spacial score (nSPS) is 11.7. The predicted molar refractivity (Wildman–Crippen MR) is 70.5 cm³/mol. The highest BCUT2D eigenvalue weighted by molar-refractivity contribution is 5.92. The van der Waals surface area contributed by atoms with Gasteiger partial charge in [-0.05, 0) is 19.1 Å². The SMILES string of the molecule is COC(=O)C=CC(=O)OC(C)C(=O)Oc1cccc(O)c1. The van der Waals surface area contributed by atoms with Gasteiger partial charge in [0.25, 0.3) is 0 Å². The highest BCUT2D eigenvalue weighted by Crippen LogP contribution is 2.18. The standard InChI is InChI=1S/C14H14O7/c1-9(20-13(17)7-6-12(16)19-2)14(18)21-11-5-3-4-10(15)8-11/h3-9,15H,1-2H3. The lowest BCUT2D eigenvalue weighted by atomic mass is 10.3. The summed E-state index contributed by atoms with van der Waals surface area (Å²) in [6, 6.07) is 5.61. The Balaban J connectivity index is 2.53. The van der Waals surface area contributed by atoms with Crippen molar-refractivity contribution in [3.63, 3.8) is 0 Å². The second-order valence-electron chi connectivity index (χ2n) is 3.85. The number of hydrogen-bond acceptors (Lipinski definition) is 7. The number of ether oxygens (including phenoxy) is 3. The van der Waals surface area contributed by atoms with E-state index in [-0.39, 0.29) is 11.5 Å². The lowest BCUT2D eigenvalue weighted by Crippen LogP contribution is -2.27. The average molecular weight is 294 g/mol.